The van der Waals surface area contributed by atoms with Crippen LogP contribution in [0.25, 0.3) is 0 Å². The minimum absolute atomic E-state index is 0.0379. The van der Waals surface area contributed by atoms with Gasteiger partial charge >= 0.3 is 0 Å². The van der Waals surface area contributed by atoms with Crippen LogP contribution in [0.15, 0.2) is 97.1 Å². The van der Waals surface area contributed by atoms with Gasteiger partial charge in [0.05, 0.1) is 0 Å². The Morgan fingerprint density at radius 1 is 0.433 bits per heavy atom. The van der Waals surface area contributed by atoms with E-state index in [0.717, 1.165) is 12.8 Å². The quantitative estimate of drug-likeness (QED) is 0.163. The van der Waals surface area contributed by atoms with Crippen molar-refractivity contribution in [2.75, 3.05) is 9.80 Å². The molecule has 0 fully saturated rings. The van der Waals surface area contributed by atoms with Crippen LogP contribution in [0.2, 0.25) is 0 Å². The molecule has 0 amide bonds. The molecular weight excluding hydrogens is 808 g/mol. The van der Waals surface area contributed by atoms with Crippen LogP contribution >= 0.6 is 0 Å². The predicted molar refractivity (Wildman–Crippen MR) is 290 cm³/mol. The lowest BCUT2D eigenvalue weighted by Gasteiger charge is -2.48. The lowest BCUT2D eigenvalue weighted by molar-refractivity contribution is 0.332. The summed E-state index contributed by atoms with van der Waals surface area (Å²) in [4.78, 5) is 5.44. The summed E-state index contributed by atoms with van der Waals surface area (Å²) in [5, 5.41) is 0. The Morgan fingerprint density at radius 2 is 0.940 bits per heavy atom. The second-order valence-electron chi connectivity index (χ2n) is 26.5. The summed E-state index contributed by atoms with van der Waals surface area (Å²) in [5.74, 6) is 0. The molecule has 3 heteroatoms. The second kappa shape index (κ2) is 13.8. The molecule has 2 nitrogen and oxygen atoms in total. The summed E-state index contributed by atoms with van der Waals surface area (Å²) in [6, 6.07) is 39.3. The monoisotopic (exact) mass is 883 g/mol. The molecule has 0 saturated heterocycles. The SMILES string of the molecule is Cc1cc2c3c(c1)N(c1ccc4c(c1C)C(C)(C)CC4(C)C)c1ccc(C(C)(C)c4ccccc4)cc1B3c1cc3c(cc1N2c1cc2c(cc1C)C(C)(C)CC2(C)C)C(C)(C)CCC3(C)C. The molecule has 0 atom stereocenters. The summed E-state index contributed by atoms with van der Waals surface area (Å²) in [5.41, 5.74) is 28.3. The molecule has 0 saturated carbocycles. The van der Waals surface area contributed by atoms with E-state index in [2.05, 4.69) is 225 Å². The minimum atomic E-state index is -0.204. The first kappa shape index (κ1) is 44.5. The third kappa shape index (κ3) is 6.27. The van der Waals surface area contributed by atoms with Gasteiger partial charge in [-0.2, -0.15) is 0 Å². The van der Waals surface area contributed by atoms with E-state index in [9.17, 15) is 0 Å². The van der Waals surface area contributed by atoms with E-state index < -0.39 is 0 Å². The van der Waals surface area contributed by atoms with Crippen LogP contribution in [0, 0.1) is 20.8 Å². The molecule has 0 N–H and O–H groups in total. The zero-order valence-electron chi connectivity index (χ0n) is 44.0. The Labute approximate surface area is 404 Å². The summed E-state index contributed by atoms with van der Waals surface area (Å²) >= 11 is 0. The van der Waals surface area contributed by atoms with E-state index in [4.69, 9.17) is 0 Å². The average molecular weight is 883 g/mol. The van der Waals surface area contributed by atoms with Crippen LogP contribution in [-0.4, -0.2) is 6.71 Å². The lowest BCUT2D eigenvalue weighted by Crippen LogP contribution is -2.62. The number of fused-ring (bicyclic) bond motifs is 7. The summed E-state index contributed by atoms with van der Waals surface area (Å²) in [6.07, 6.45) is 4.66. The summed E-state index contributed by atoms with van der Waals surface area (Å²) in [6.45, 7) is 41.7. The van der Waals surface area contributed by atoms with Crippen molar-refractivity contribution in [3.05, 3.63) is 158 Å². The minimum Gasteiger partial charge on any atom is -0.311 e. The molecule has 2 aliphatic heterocycles. The lowest BCUT2D eigenvalue weighted by atomic mass is 9.33. The van der Waals surface area contributed by atoms with Crippen molar-refractivity contribution in [2.24, 2.45) is 0 Å². The molecule has 67 heavy (non-hydrogen) atoms. The highest BCUT2D eigenvalue weighted by molar-refractivity contribution is 7.00. The first-order valence-electron chi connectivity index (χ1n) is 25.6. The molecule has 11 rings (SSSR count). The van der Waals surface area contributed by atoms with Crippen molar-refractivity contribution in [3.63, 3.8) is 0 Å². The van der Waals surface area contributed by atoms with Gasteiger partial charge in [-0.25, -0.2) is 0 Å². The first-order valence-corrected chi connectivity index (χ1v) is 25.6. The van der Waals surface area contributed by atoms with E-state index in [1.54, 1.807) is 0 Å². The third-order valence-corrected chi connectivity index (χ3v) is 18.3. The van der Waals surface area contributed by atoms with Gasteiger partial charge in [0.25, 0.3) is 6.71 Å². The molecule has 5 aliphatic rings. The highest BCUT2D eigenvalue weighted by atomic mass is 15.2. The first-order chi connectivity index (χ1) is 31.2. The van der Waals surface area contributed by atoms with E-state index in [0.29, 0.717) is 0 Å². The van der Waals surface area contributed by atoms with E-state index in [1.807, 2.05) is 0 Å². The number of aryl methyl sites for hydroxylation is 2. The maximum atomic E-state index is 2.74. The van der Waals surface area contributed by atoms with Crippen LogP contribution in [0.3, 0.4) is 0 Å². The van der Waals surface area contributed by atoms with Crippen molar-refractivity contribution >= 4 is 57.2 Å². The molecule has 0 aromatic heterocycles. The summed E-state index contributed by atoms with van der Waals surface area (Å²) < 4.78 is 0. The molecule has 6 aromatic carbocycles. The van der Waals surface area contributed by atoms with Crippen LogP contribution in [0.5, 0.6) is 0 Å². The molecule has 0 spiro atoms. The number of hydrogen-bond acceptors (Lipinski definition) is 2. The van der Waals surface area contributed by atoms with Crippen molar-refractivity contribution in [3.8, 4) is 0 Å². The number of nitrogens with zero attached hydrogens (tertiary/aromatic N) is 2. The van der Waals surface area contributed by atoms with Crippen molar-refractivity contribution < 1.29 is 0 Å². The molecule has 344 valence electrons. The third-order valence-electron chi connectivity index (χ3n) is 18.3. The van der Waals surface area contributed by atoms with Gasteiger partial charge in [0.15, 0.2) is 0 Å². The van der Waals surface area contributed by atoms with Gasteiger partial charge in [-0.3, -0.25) is 0 Å². The Bertz CT molecular complexity index is 3100. The fraction of sp³-hybridized carbons (Fsp3) is 0.438. The topological polar surface area (TPSA) is 6.48 Å². The van der Waals surface area contributed by atoms with Crippen molar-refractivity contribution in [1.82, 2.24) is 0 Å². The fourth-order valence-corrected chi connectivity index (χ4v) is 15.1. The highest BCUT2D eigenvalue weighted by Gasteiger charge is 2.50. The summed E-state index contributed by atoms with van der Waals surface area (Å²) in [7, 11) is 0. The predicted octanol–water partition coefficient (Wildman–Crippen LogP) is 15.3. The van der Waals surface area contributed by atoms with Crippen molar-refractivity contribution in [1.29, 1.82) is 0 Å². The van der Waals surface area contributed by atoms with E-state index >= 15 is 0 Å². The number of hydrogen-bond donors (Lipinski definition) is 0. The van der Waals surface area contributed by atoms with Gasteiger partial charge < -0.3 is 9.80 Å². The van der Waals surface area contributed by atoms with Crippen LogP contribution in [0.1, 0.15) is 184 Å². The molecular formula is C64H75BN2. The standard InChI is InChI=1S/C64H75BN2/c1-38-29-54-57-55(30-38)67(52-34-47-44(31-39(52)2)61(10,11)36-62(47,12)13)53-35-46-45(58(4,5)27-28-59(46,6)7)33-49(53)65(57)48-32-42(64(16,17)41-21-19-18-20-22-41)23-25-51(48)66(54)50-26-24-43-56(40(50)3)63(14,15)37-60(43,8)9/h18-26,29-35H,27-28,36-37H2,1-17H3. The van der Waals surface area contributed by atoms with Crippen LogP contribution < -0.4 is 26.2 Å². The van der Waals surface area contributed by atoms with Crippen LogP contribution in [0.4, 0.5) is 34.1 Å². The van der Waals surface area contributed by atoms with Gasteiger partial charge in [-0.05, 0) is 193 Å². The van der Waals surface area contributed by atoms with E-state index in [-0.39, 0.29) is 44.6 Å². The molecule has 2 heterocycles. The zero-order chi connectivity index (χ0) is 47.9. The Morgan fingerprint density at radius 3 is 1.58 bits per heavy atom. The Balaban J connectivity index is 1.27. The molecule has 0 bridgehead atoms. The van der Waals surface area contributed by atoms with Crippen LogP contribution in [-0.2, 0) is 37.9 Å². The van der Waals surface area contributed by atoms with Gasteiger partial charge in [-0.1, -0.05) is 158 Å². The number of benzene rings is 6. The smallest absolute Gasteiger partial charge is 0.252 e. The maximum absolute atomic E-state index is 2.74. The van der Waals surface area contributed by atoms with Gasteiger partial charge in [0.1, 0.15) is 0 Å². The van der Waals surface area contributed by atoms with Crippen molar-refractivity contribution in [2.45, 2.75) is 181 Å². The second-order valence-corrected chi connectivity index (χ2v) is 26.5. The van der Waals surface area contributed by atoms with Gasteiger partial charge in [0.2, 0.25) is 0 Å². The molecule has 3 aliphatic carbocycles. The zero-order valence-corrected chi connectivity index (χ0v) is 44.0. The van der Waals surface area contributed by atoms with Gasteiger partial charge in [-0.15, -0.1) is 0 Å². The Hall–Kier alpha value is -5.02. The number of anilines is 6. The molecule has 6 aromatic rings. The molecule has 0 radical (unpaired) electrons. The largest absolute Gasteiger partial charge is 0.311 e. The normalized spacial score (nSPS) is 20.4. The van der Waals surface area contributed by atoms with Gasteiger partial charge in [0, 0.05) is 39.5 Å². The average Bonchev–Trinajstić information content (AvgIpc) is 3.56. The maximum Gasteiger partial charge on any atom is 0.252 e. The Kier molecular flexibility index (Phi) is 9.18. The fourth-order valence-electron chi connectivity index (χ4n) is 15.1. The van der Waals surface area contributed by atoms with E-state index in [1.165, 1.54) is 125 Å². The molecule has 0 unspecified atom stereocenters. The number of rotatable bonds is 4. The highest BCUT2D eigenvalue weighted by Crippen LogP contribution is 2.57.